The Morgan fingerprint density at radius 2 is 1.86 bits per heavy atom. The lowest BCUT2D eigenvalue weighted by Gasteiger charge is -2.37. The van der Waals surface area contributed by atoms with E-state index in [1.165, 1.54) is 4.57 Å². The molecular weight excluding hydrogens is 283 g/mol. The third-order valence-corrected chi connectivity index (χ3v) is 3.67. The van der Waals surface area contributed by atoms with Gasteiger partial charge in [-0.1, -0.05) is 20.8 Å². The van der Waals surface area contributed by atoms with Gasteiger partial charge in [0.1, 0.15) is 5.82 Å². The molecule has 1 unspecified atom stereocenters. The van der Waals surface area contributed by atoms with Crippen molar-refractivity contribution in [3.05, 3.63) is 11.6 Å². The predicted molar refractivity (Wildman–Crippen MR) is 72.3 cm³/mol. The standard InChI is InChI=1S/C13H22F3N5/c1-12(2,3)6-9(7-17)20-4-5-21-10(8-20)18-19-11(21)13(14,15)16/h9H,4-8,17H2,1-3H3. The van der Waals surface area contributed by atoms with Crippen LogP contribution in [-0.4, -0.2) is 38.8 Å². The van der Waals surface area contributed by atoms with Crippen LogP contribution in [0, 0.1) is 5.41 Å². The van der Waals surface area contributed by atoms with Crippen molar-refractivity contribution in [2.75, 3.05) is 13.1 Å². The Bertz CT molecular complexity index is 489. The second-order valence-corrected chi connectivity index (χ2v) is 6.71. The molecule has 5 nitrogen and oxygen atoms in total. The molecule has 0 spiro atoms. The minimum atomic E-state index is -4.45. The third kappa shape index (κ3) is 3.74. The fraction of sp³-hybridized carbons (Fsp3) is 0.846. The molecule has 8 heteroatoms. The van der Waals surface area contributed by atoms with Gasteiger partial charge in [-0.15, -0.1) is 10.2 Å². The van der Waals surface area contributed by atoms with Gasteiger partial charge < -0.3 is 10.3 Å². The lowest BCUT2D eigenvalue weighted by atomic mass is 9.87. The minimum absolute atomic E-state index is 0.117. The zero-order valence-corrected chi connectivity index (χ0v) is 12.6. The number of nitrogens with zero attached hydrogens (tertiary/aromatic N) is 4. The van der Waals surface area contributed by atoms with Crippen LogP contribution in [0.2, 0.25) is 0 Å². The van der Waals surface area contributed by atoms with Gasteiger partial charge in [0.15, 0.2) is 0 Å². The van der Waals surface area contributed by atoms with Crippen molar-refractivity contribution in [3.63, 3.8) is 0 Å². The lowest BCUT2D eigenvalue weighted by Crippen LogP contribution is -2.46. The van der Waals surface area contributed by atoms with Crippen LogP contribution in [-0.2, 0) is 19.3 Å². The summed E-state index contributed by atoms with van der Waals surface area (Å²) in [6, 6.07) is 0.143. The molecule has 2 N–H and O–H groups in total. The predicted octanol–water partition coefficient (Wildman–Crippen LogP) is 1.88. The molecule has 0 saturated carbocycles. The smallest absolute Gasteiger partial charge is 0.329 e. The van der Waals surface area contributed by atoms with Gasteiger partial charge in [0.2, 0.25) is 5.82 Å². The van der Waals surface area contributed by atoms with E-state index >= 15 is 0 Å². The SMILES string of the molecule is CC(C)(C)CC(CN)N1CCn2c(nnc2C(F)(F)F)C1. The van der Waals surface area contributed by atoms with Crippen molar-refractivity contribution >= 4 is 0 Å². The molecule has 0 aromatic carbocycles. The summed E-state index contributed by atoms with van der Waals surface area (Å²) >= 11 is 0. The van der Waals surface area contributed by atoms with E-state index in [-0.39, 0.29) is 18.0 Å². The number of rotatable bonds is 3. The zero-order chi connectivity index (χ0) is 15.8. The first-order valence-corrected chi connectivity index (χ1v) is 7.05. The Balaban J connectivity index is 2.14. The van der Waals surface area contributed by atoms with Crippen molar-refractivity contribution in [2.24, 2.45) is 11.1 Å². The highest BCUT2D eigenvalue weighted by molar-refractivity contribution is 5.03. The van der Waals surface area contributed by atoms with Crippen LogP contribution < -0.4 is 5.73 Å². The van der Waals surface area contributed by atoms with Crippen LogP contribution in [0.4, 0.5) is 13.2 Å². The maximum Gasteiger partial charge on any atom is 0.451 e. The molecule has 0 saturated heterocycles. The first-order chi connectivity index (χ1) is 9.62. The van der Waals surface area contributed by atoms with Gasteiger partial charge in [-0.25, -0.2) is 0 Å². The van der Waals surface area contributed by atoms with Gasteiger partial charge >= 0.3 is 6.18 Å². The van der Waals surface area contributed by atoms with Crippen LogP contribution >= 0.6 is 0 Å². The highest BCUT2D eigenvalue weighted by Crippen LogP contribution is 2.30. The molecule has 0 aliphatic carbocycles. The zero-order valence-electron chi connectivity index (χ0n) is 12.6. The fourth-order valence-corrected chi connectivity index (χ4v) is 2.77. The number of alkyl halides is 3. The van der Waals surface area contributed by atoms with E-state index in [4.69, 9.17) is 5.73 Å². The maximum atomic E-state index is 12.8. The van der Waals surface area contributed by atoms with Gasteiger partial charge in [0, 0.05) is 25.7 Å². The number of fused-ring (bicyclic) bond motifs is 1. The van der Waals surface area contributed by atoms with E-state index in [2.05, 4.69) is 35.9 Å². The van der Waals surface area contributed by atoms with Crippen molar-refractivity contribution in [1.29, 1.82) is 0 Å². The van der Waals surface area contributed by atoms with Crippen molar-refractivity contribution in [3.8, 4) is 0 Å². The third-order valence-electron chi connectivity index (χ3n) is 3.67. The van der Waals surface area contributed by atoms with Crippen LogP contribution in [0.15, 0.2) is 0 Å². The summed E-state index contributed by atoms with van der Waals surface area (Å²) in [4.78, 5) is 2.11. The molecule has 0 bridgehead atoms. The monoisotopic (exact) mass is 305 g/mol. The Morgan fingerprint density at radius 3 is 2.38 bits per heavy atom. The largest absolute Gasteiger partial charge is 0.451 e. The summed E-state index contributed by atoms with van der Waals surface area (Å²) in [6.45, 7) is 8.01. The topological polar surface area (TPSA) is 60.0 Å². The van der Waals surface area contributed by atoms with Crippen LogP contribution in [0.1, 0.15) is 38.8 Å². The van der Waals surface area contributed by atoms with Crippen molar-refractivity contribution in [1.82, 2.24) is 19.7 Å². The van der Waals surface area contributed by atoms with E-state index in [0.717, 1.165) is 6.42 Å². The first-order valence-electron chi connectivity index (χ1n) is 7.05. The number of nitrogens with two attached hydrogens (primary N) is 1. The lowest BCUT2D eigenvalue weighted by molar-refractivity contribution is -0.148. The Kier molecular flexibility index (Phi) is 4.30. The average Bonchev–Trinajstić information content (AvgIpc) is 2.77. The highest BCUT2D eigenvalue weighted by Gasteiger charge is 2.40. The Labute approximate surface area is 122 Å². The first kappa shape index (κ1) is 16.2. The Hall–Kier alpha value is -1.15. The van der Waals surface area contributed by atoms with Crippen LogP contribution in [0.3, 0.4) is 0 Å². The molecule has 0 radical (unpaired) electrons. The summed E-state index contributed by atoms with van der Waals surface area (Å²) in [6.07, 6.45) is -3.56. The van der Waals surface area contributed by atoms with Crippen LogP contribution in [0.25, 0.3) is 0 Å². The molecule has 2 heterocycles. The molecule has 1 aromatic heterocycles. The summed E-state index contributed by atoms with van der Waals surface area (Å²) in [5.41, 5.74) is 5.96. The molecule has 1 aliphatic heterocycles. The van der Waals surface area contributed by atoms with Gasteiger partial charge in [0.25, 0.3) is 0 Å². The summed E-state index contributed by atoms with van der Waals surface area (Å²) in [7, 11) is 0. The molecule has 1 atom stereocenters. The van der Waals surface area contributed by atoms with E-state index in [1.54, 1.807) is 0 Å². The van der Waals surface area contributed by atoms with Gasteiger partial charge in [-0.05, 0) is 11.8 Å². The van der Waals surface area contributed by atoms with E-state index in [1.807, 2.05) is 0 Å². The maximum absolute atomic E-state index is 12.8. The summed E-state index contributed by atoms with van der Waals surface area (Å²) < 4.78 is 39.6. The number of halogens is 3. The number of aromatic nitrogens is 3. The second kappa shape index (κ2) is 5.57. The molecule has 1 aliphatic rings. The normalized spacial score (nSPS) is 18.6. The van der Waals surface area contributed by atoms with Crippen LogP contribution in [0.5, 0.6) is 0 Å². The second-order valence-electron chi connectivity index (χ2n) is 6.71. The number of hydrogen-bond donors (Lipinski definition) is 1. The van der Waals surface area contributed by atoms with Crippen molar-refractivity contribution in [2.45, 2.75) is 52.5 Å². The molecule has 21 heavy (non-hydrogen) atoms. The average molecular weight is 305 g/mol. The van der Waals surface area contributed by atoms with Gasteiger partial charge in [-0.2, -0.15) is 13.2 Å². The molecule has 1 aromatic rings. The highest BCUT2D eigenvalue weighted by atomic mass is 19.4. The summed E-state index contributed by atoms with van der Waals surface area (Å²) in [5, 5.41) is 6.99. The molecular formula is C13H22F3N5. The van der Waals surface area contributed by atoms with Crippen molar-refractivity contribution < 1.29 is 13.2 Å². The van der Waals surface area contributed by atoms with E-state index < -0.39 is 12.0 Å². The summed E-state index contributed by atoms with van der Waals surface area (Å²) in [5.74, 6) is -0.543. The molecule has 0 amide bonds. The quantitative estimate of drug-likeness (QED) is 0.926. The molecule has 2 rings (SSSR count). The minimum Gasteiger partial charge on any atom is -0.329 e. The van der Waals surface area contributed by atoms with Gasteiger partial charge in [0.05, 0.1) is 6.54 Å². The molecule has 120 valence electrons. The van der Waals surface area contributed by atoms with E-state index in [9.17, 15) is 13.2 Å². The van der Waals surface area contributed by atoms with E-state index in [0.29, 0.717) is 25.5 Å². The fourth-order valence-electron chi connectivity index (χ4n) is 2.77. The Morgan fingerprint density at radius 1 is 1.19 bits per heavy atom. The van der Waals surface area contributed by atoms with Gasteiger partial charge in [-0.3, -0.25) is 4.90 Å². The number of hydrogen-bond acceptors (Lipinski definition) is 4. The molecule has 0 fully saturated rings.